The molecule has 1 aliphatic carbocycles. The highest BCUT2D eigenvalue weighted by atomic mass is 16.5. The van der Waals surface area contributed by atoms with Crippen LogP contribution in [0.25, 0.3) is 0 Å². The maximum Gasteiger partial charge on any atom is 0.307 e. The van der Waals surface area contributed by atoms with E-state index in [4.69, 9.17) is 9.47 Å². The number of methoxy groups -OCH3 is 2. The number of carbonyl (C=O) groups excluding carboxylic acids is 2. The Morgan fingerprint density at radius 2 is 1.83 bits per heavy atom. The number of ether oxygens (including phenoxy) is 2. The van der Waals surface area contributed by atoms with E-state index in [1.807, 2.05) is 24.3 Å². The quantitative estimate of drug-likeness (QED) is 0.741. The predicted molar refractivity (Wildman–Crippen MR) is 91.7 cm³/mol. The fraction of sp³-hybridized carbons (Fsp3) is 0.579. The molecule has 0 saturated heterocycles. The van der Waals surface area contributed by atoms with Gasteiger partial charge in [0.15, 0.2) is 0 Å². The van der Waals surface area contributed by atoms with Gasteiger partial charge in [-0.2, -0.15) is 0 Å². The van der Waals surface area contributed by atoms with Crippen molar-refractivity contribution >= 4 is 11.9 Å². The van der Waals surface area contributed by atoms with Gasteiger partial charge in [0.05, 0.1) is 26.7 Å². The highest BCUT2D eigenvalue weighted by Gasteiger charge is 2.21. The minimum absolute atomic E-state index is 0.00776. The molecule has 1 aromatic carbocycles. The number of carbonyl (C=O) groups is 2. The van der Waals surface area contributed by atoms with Gasteiger partial charge < -0.3 is 14.8 Å². The summed E-state index contributed by atoms with van der Waals surface area (Å²) in [4.78, 5) is 24.0. The van der Waals surface area contributed by atoms with Gasteiger partial charge in [-0.3, -0.25) is 9.59 Å². The summed E-state index contributed by atoms with van der Waals surface area (Å²) in [6.07, 6.45) is 6.59. The zero-order valence-corrected chi connectivity index (χ0v) is 14.5. The van der Waals surface area contributed by atoms with Crippen LogP contribution in [0, 0.1) is 5.92 Å². The average molecular weight is 333 g/mol. The molecule has 2 rings (SSSR count). The van der Waals surface area contributed by atoms with Crippen LogP contribution in [0.15, 0.2) is 24.3 Å². The van der Waals surface area contributed by atoms with Crippen molar-refractivity contribution in [2.45, 2.75) is 51.0 Å². The summed E-state index contributed by atoms with van der Waals surface area (Å²) < 4.78 is 9.90. The minimum Gasteiger partial charge on any atom is -0.497 e. The second kappa shape index (κ2) is 9.30. The first kappa shape index (κ1) is 18.3. The van der Waals surface area contributed by atoms with Crippen LogP contribution in [0.5, 0.6) is 5.75 Å². The molecule has 0 bridgehead atoms. The van der Waals surface area contributed by atoms with Crippen molar-refractivity contribution in [3.63, 3.8) is 0 Å². The van der Waals surface area contributed by atoms with E-state index in [0.717, 1.165) is 17.7 Å². The lowest BCUT2D eigenvalue weighted by Gasteiger charge is -2.19. The van der Waals surface area contributed by atoms with Gasteiger partial charge in [-0.1, -0.05) is 37.8 Å². The lowest BCUT2D eigenvalue weighted by Crippen LogP contribution is -2.30. The Labute approximate surface area is 143 Å². The molecule has 1 fully saturated rings. The summed E-state index contributed by atoms with van der Waals surface area (Å²) >= 11 is 0. The Kier molecular flexibility index (Phi) is 7.09. The third kappa shape index (κ3) is 5.55. The van der Waals surface area contributed by atoms with Crippen molar-refractivity contribution in [2.24, 2.45) is 5.92 Å². The largest absolute Gasteiger partial charge is 0.497 e. The molecule has 0 heterocycles. The molecule has 1 aromatic rings. The van der Waals surface area contributed by atoms with Gasteiger partial charge in [-0.05, 0) is 30.0 Å². The molecule has 1 N–H and O–H groups in total. The first-order chi connectivity index (χ1) is 11.6. The van der Waals surface area contributed by atoms with Crippen LogP contribution >= 0.6 is 0 Å². The molecule has 0 radical (unpaired) electrons. The molecule has 5 heteroatoms. The number of rotatable bonds is 8. The lowest BCUT2D eigenvalue weighted by atomic mass is 10.00. The Morgan fingerprint density at radius 1 is 1.17 bits per heavy atom. The third-order valence-electron chi connectivity index (χ3n) is 4.71. The number of hydrogen-bond donors (Lipinski definition) is 1. The fourth-order valence-electron chi connectivity index (χ4n) is 3.24. The molecule has 1 saturated carbocycles. The molecular formula is C19H27NO4. The Bertz CT molecular complexity index is 535. The SMILES string of the molecule is COC(=O)CC(NC(=O)CCC1CCCC1)c1ccc(OC)cc1. The van der Waals surface area contributed by atoms with E-state index in [9.17, 15) is 9.59 Å². The molecule has 1 unspecified atom stereocenters. The van der Waals surface area contributed by atoms with Crippen LogP contribution in [-0.2, 0) is 14.3 Å². The van der Waals surface area contributed by atoms with Gasteiger partial charge in [-0.15, -0.1) is 0 Å². The Morgan fingerprint density at radius 3 is 2.42 bits per heavy atom. The average Bonchev–Trinajstić information content (AvgIpc) is 3.13. The van der Waals surface area contributed by atoms with Crippen molar-refractivity contribution in [1.29, 1.82) is 0 Å². The fourth-order valence-corrected chi connectivity index (χ4v) is 3.24. The lowest BCUT2D eigenvalue weighted by molar-refractivity contribution is -0.141. The zero-order valence-electron chi connectivity index (χ0n) is 14.5. The van der Waals surface area contributed by atoms with Gasteiger partial charge in [0.1, 0.15) is 5.75 Å². The second-order valence-corrected chi connectivity index (χ2v) is 6.36. The van der Waals surface area contributed by atoms with Gasteiger partial charge in [0.2, 0.25) is 5.91 Å². The number of esters is 1. The second-order valence-electron chi connectivity index (χ2n) is 6.36. The topological polar surface area (TPSA) is 64.6 Å². The van der Waals surface area contributed by atoms with Crippen LogP contribution in [-0.4, -0.2) is 26.1 Å². The van der Waals surface area contributed by atoms with Crippen molar-refractivity contribution in [3.8, 4) is 5.75 Å². The molecular weight excluding hydrogens is 306 g/mol. The van der Waals surface area contributed by atoms with E-state index in [1.165, 1.54) is 32.8 Å². The van der Waals surface area contributed by atoms with Crippen molar-refractivity contribution < 1.29 is 19.1 Å². The minimum atomic E-state index is -0.376. The van der Waals surface area contributed by atoms with Crippen LogP contribution in [0.2, 0.25) is 0 Å². The highest BCUT2D eigenvalue weighted by Crippen LogP contribution is 2.28. The molecule has 5 nitrogen and oxygen atoms in total. The van der Waals surface area contributed by atoms with Crippen LogP contribution < -0.4 is 10.1 Å². The monoisotopic (exact) mass is 333 g/mol. The Hall–Kier alpha value is -2.04. The summed E-state index contributed by atoms with van der Waals surface area (Å²) in [6, 6.07) is 7.00. The van der Waals surface area contributed by atoms with Crippen LogP contribution in [0.1, 0.15) is 56.6 Å². The normalized spacial score (nSPS) is 15.8. The van der Waals surface area contributed by atoms with Crippen LogP contribution in [0.3, 0.4) is 0 Å². The summed E-state index contributed by atoms with van der Waals surface area (Å²) in [6.45, 7) is 0. The van der Waals surface area contributed by atoms with E-state index < -0.39 is 0 Å². The number of hydrogen-bond acceptors (Lipinski definition) is 4. The number of nitrogens with one attached hydrogen (secondary N) is 1. The molecule has 1 aliphatic rings. The first-order valence-electron chi connectivity index (χ1n) is 8.62. The molecule has 0 spiro atoms. The van der Waals surface area contributed by atoms with Gasteiger partial charge in [-0.25, -0.2) is 0 Å². The van der Waals surface area contributed by atoms with E-state index in [0.29, 0.717) is 12.3 Å². The van der Waals surface area contributed by atoms with Crippen molar-refractivity contribution in [3.05, 3.63) is 29.8 Å². The summed E-state index contributed by atoms with van der Waals surface area (Å²) in [5.74, 6) is 1.07. The van der Waals surface area contributed by atoms with Gasteiger partial charge >= 0.3 is 5.97 Å². The summed E-state index contributed by atoms with van der Waals surface area (Å²) in [5, 5.41) is 2.98. The standard InChI is InChI=1S/C19H27NO4/c1-23-16-10-8-15(9-11-16)17(13-19(22)24-2)20-18(21)12-7-14-5-3-4-6-14/h8-11,14,17H,3-7,12-13H2,1-2H3,(H,20,21). The highest BCUT2D eigenvalue weighted by molar-refractivity contribution is 5.78. The first-order valence-corrected chi connectivity index (χ1v) is 8.62. The molecule has 0 aliphatic heterocycles. The maximum atomic E-state index is 12.3. The third-order valence-corrected chi connectivity index (χ3v) is 4.71. The summed E-state index contributed by atoms with van der Waals surface area (Å²) in [7, 11) is 2.96. The van der Waals surface area contributed by atoms with Crippen LogP contribution in [0.4, 0.5) is 0 Å². The van der Waals surface area contributed by atoms with Crippen molar-refractivity contribution in [2.75, 3.05) is 14.2 Å². The van der Waals surface area contributed by atoms with E-state index >= 15 is 0 Å². The molecule has 132 valence electrons. The molecule has 0 aromatic heterocycles. The molecule has 1 amide bonds. The summed E-state index contributed by atoms with van der Waals surface area (Å²) in [5.41, 5.74) is 0.871. The van der Waals surface area contributed by atoms with E-state index in [1.54, 1.807) is 7.11 Å². The maximum absolute atomic E-state index is 12.3. The van der Waals surface area contributed by atoms with Crippen molar-refractivity contribution in [1.82, 2.24) is 5.32 Å². The molecule has 1 atom stereocenters. The van der Waals surface area contributed by atoms with Gasteiger partial charge in [0, 0.05) is 6.42 Å². The van der Waals surface area contributed by atoms with Gasteiger partial charge in [0.25, 0.3) is 0 Å². The molecule has 24 heavy (non-hydrogen) atoms. The predicted octanol–water partition coefficient (Wildman–Crippen LogP) is 3.39. The smallest absolute Gasteiger partial charge is 0.307 e. The number of benzene rings is 1. The van der Waals surface area contributed by atoms with E-state index in [-0.39, 0.29) is 24.3 Å². The Balaban J connectivity index is 1.95. The number of amides is 1. The van der Waals surface area contributed by atoms with E-state index in [2.05, 4.69) is 5.32 Å². The zero-order chi connectivity index (χ0) is 17.4.